The topological polar surface area (TPSA) is 160 Å². The zero-order valence-electron chi connectivity index (χ0n) is 15.9. The van der Waals surface area contributed by atoms with E-state index in [4.69, 9.17) is 15.2 Å². The molecular formula is C17H31NO8S. The van der Waals surface area contributed by atoms with Crippen LogP contribution in [0.25, 0.3) is 0 Å². The van der Waals surface area contributed by atoms with Crippen LogP contribution in [0.1, 0.15) is 33.1 Å². The summed E-state index contributed by atoms with van der Waals surface area (Å²) in [5.41, 5.74) is 5.69. The number of nitrogens with two attached hydrogens (primary N) is 1. The fourth-order valence-electron chi connectivity index (χ4n) is 3.09. The van der Waals surface area contributed by atoms with E-state index in [9.17, 15) is 30.0 Å². The molecule has 0 amide bonds. The van der Waals surface area contributed by atoms with Crippen molar-refractivity contribution >= 4 is 23.5 Å². The van der Waals surface area contributed by atoms with Gasteiger partial charge in [-0.3, -0.25) is 9.59 Å². The molecule has 0 bridgehead atoms. The second-order valence-electron chi connectivity index (χ2n) is 6.99. The van der Waals surface area contributed by atoms with Gasteiger partial charge in [0.15, 0.2) is 5.78 Å². The first kappa shape index (κ1) is 24.3. The zero-order chi connectivity index (χ0) is 20.8. The minimum absolute atomic E-state index is 0.157. The normalized spacial score (nSPS) is 31.8. The van der Waals surface area contributed by atoms with Gasteiger partial charge in [0.2, 0.25) is 5.79 Å². The molecule has 1 fully saturated rings. The summed E-state index contributed by atoms with van der Waals surface area (Å²) in [7, 11) is 0. The summed E-state index contributed by atoms with van der Waals surface area (Å²) in [6, 6.07) is -0.787. The molecule has 0 saturated carbocycles. The van der Waals surface area contributed by atoms with Crippen molar-refractivity contribution in [3.63, 3.8) is 0 Å². The van der Waals surface area contributed by atoms with Gasteiger partial charge in [-0.1, -0.05) is 0 Å². The molecule has 1 heterocycles. The molecule has 9 nitrogen and oxygen atoms in total. The van der Waals surface area contributed by atoms with Crippen molar-refractivity contribution in [3.05, 3.63) is 0 Å². The Morgan fingerprint density at radius 2 is 2.04 bits per heavy atom. The number of esters is 1. The van der Waals surface area contributed by atoms with E-state index in [2.05, 4.69) is 0 Å². The fourth-order valence-corrected chi connectivity index (χ4v) is 3.58. The first-order chi connectivity index (χ1) is 12.5. The van der Waals surface area contributed by atoms with Crippen LogP contribution in [0, 0.1) is 5.92 Å². The van der Waals surface area contributed by atoms with Gasteiger partial charge < -0.3 is 35.6 Å². The van der Waals surface area contributed by atoms with Gasteiger partial charge in [-0.05, 0) is 25.4 Å². The minimum atomic E-state index is -2.19. The highest BCUT2D eigenvalue weighted by Crippen LogP contribution is 2.36. The number of carbonyl (C=O) groups is 2. The summed E-state index contributed by atoms with van der Waals surface area (Å²) in [4.78, 5) is 23.5. The first-order valence-corrected chi connectivity index (χ1v) is 10.3. The summed E-state index contributed by atoms with van der Waals surface area (Å²) >= 11 is 1.55. The van der Waals surface area contributed by atoms with E-state index in [-0.39, 0.29) is 19.4 Å². The minimum Gasteiger partial charge on any atom is -0.462 e. The smallest absolute Gasteiger partial charge is 0.323 e. The number of Topliss-reactive ketones (excluding diaryl/α,β-unsaturated/α-hetero) is 1. The number of aliphatic hydroxyl groups excluding tert-OH is 3. The maximum absolute atomic E-state index is 11.8. The van der Waals surface area contributed by atoms with Crippen molar-refractivity contribution in [3.8, 4) is 0 Å². The average Bonchev–Trinajstić information content (AvgIpc) is 2.56. The molecule has 0 spiro atoms. The largest absolute Gasteiger partial charge is 0.462 e. The number of hydrogen-bond acceptors (Lipinski definition) is 10. The van der Waals surface area contributed by atoms with Crippen molar-refractivity contribution in [2.75, 3.05) is 18.6 Å². The molecule has 1 rings (SSSR count). The number of thioether (sulfide) groups is 1. The number of carbonyl (C=O) groups excluding carboxylic acids is 2. The maximum atomic E-state index is 11.8. The fraction of sp³-hybridized carbons (Fsp3) is 0.882. The Balaban J connectivity index is 2.68. The Hall–Kier alpha value is -0.750. The Morgan fingerprint density at radius 3 is 2.56 bits per heavy atom. The molecular weight excluding hydrogens is 378 g/mol. The Morgan fingerprint density at radius 1 is 1.41 bits per heavy atom. The number of hydrogen-bond donors (Lipinski definition) is 5. The molecule has 0 aromatic heterocycles. The molecule has 0 aliphatic carbocycles. The summed E-state index contributed by atoms with van der Waals surface area (Å²) < 4.78 is 10.4. The molecule has 1 saturated heterocycles. The van der Waals surface area contributed by atoms with Gasteiger partial charge in [0.05, 0.1) is 24.4 Å². The number of rotatable bonds is 10. The van der Waals surface area contributed by atoms with Crippen LogP contribution in [0.3, 0.4) is 0 Å². The lowest BCUT2D eigenvalue weighted by molar-refractivity contribution is -0.285. The van der Waals surface area contributed by atoms with E-state index in [0.717, 1.165) is 6.92 Å². The average molecular weight is 410 g/mol. The second kappa shape index (κ2) is 10.7. The van der Waals surface area contributed by atoms with Crippen LogP contribution in [-0.4, -0.2) is 87.0 Å². The zero-order valence-corrected chi connectivity index (χ0v) is 16.7. The van der Waals surface area contributed by atoms with Crippen LogP contribution >= 0.6 is 11.8 Å². The molecule has 4 unspecified atom stereocenters. The van der Waals surface area contributed by atoms with Crippen LogP contribution in [-0.2, 0) is 19.1 Å². The third-order valence-electron chi connectivity index (χ3n) is 4.67. The lowest BCUT2D eigenvalue weighted by Crippen LogP contribution is -2.58. The predicted octanol–water partition coefficient (Wildman–Crippen LogP) is -1.21. The number of ether oxygens (including phenoxy) is 2. The lowest BCUT2D eigenvalue weighted by Gasteiger charge is -2.44. The van der Waals surface area contributed by atoms with Gasteiger partial charge in [0, 0.05) is 25.7 Å². The molecule has 0 aromatic rings. The van der Waals surface area contributed by atoms with Crippen molar-refractivity contribution in [1.82, 2.24) is 0 Å². The van der Waals surface area contributed by atoms with Gasteiger partial charge in [-0.2, -0.15) is 11.8 Å². The van der Waals surface area contributed by atoms with E-state index in [0.29, 0.717) is 12.2 Å². The molecule has 158 valence electrons. The molecule has 10 heteroatoms. The van der Waals surface area contributed by atoms with Gasteiger partial charge in [-0.25, -0.2) is 0 Å². The Bertz CT molecular complexity index is 505. The molecule has 1 aliphatic heterocycles. The van der Waals surface area contributed by atoms with E-state index in [1.54, 1.807) is 11.8 Å². The van der Waals surface area contributed by atoms with Gasteiger partial charge >= 0.3 is 5.97 Å². The van der Waals surface area contributed by atoms with E-state index in [1.165, 1.54) is 6.92 Å². The molecule has 6 N–H and O–H groups in total. The number of aliphatic hydroxyl groups is 4. The van der Waals surface area contributed by atoms with Crippen molar-refractivity contribution in [2.45, 2.75) is 69.4 Å². The van der Waals surface area contributed by atoms with Crippen LogP contribution in [0.5, 0.6) is 0 Å². The van der Waals surface area contributed by atoms with E-state index in [1.807, 2.05) is 6.26 Å². The lowest BCUT2D eigenvalue weighted by atomic mass is 9.81. The summed E-state index contributed by atoms with van der Waals surface area (Å²) in [5.74, 6) is -3.63. The molecule has 0 aromatic carbocycles. The summed E-state index contributed by atoms with van der Waals surface area (Å²) in [6.07, 6.45) is -2.59. The monoisotopic (exact) mass is 409 g/mol. The highest BCUT2D eigenvalue weighted by Gasteiger charge is 2.50. The molecule has 0 radical (unpaired) electrons. The standard InChI is InChI=1S/C17H31NO8S/c1-9(19)15-13(22)7-17(24,10(2)20)26-14(15)6-11(21)8-25-16(23)12(18)4-5-27-3/h9,11-15,19,21-22,24H,4-8,18H2,1-3H3/t9-,11+,12-,13?,14?,15?,17?/m1/s1. The van der Waals surface area contributed by atoms with E-state index < -0.39 is 53.9 Å². The van der Waals surface area contributed by atoms with Crippen LogP contribution in [0.2, 0.25) is 0 Å². The number of ketones is 1. The quantitative estimate of drug-likeness (QED) is 0.277. The second-order valence-corrected chi connectivity index (χ2v) is 7.98. The SMILES string of the molecule is CSCC[C@@H](N)C(=O)OC[C@@H](O)CC1OC(O)(C(C)=O)CC(O)C1[C@@H](C)O. The molecule has 1 aliphatic rings. The van der Waals surface area contributed by atoms with Crippen LogP contribution in [0.4, 0.5) is 0 Å². The molecule has 27 heavy (non-hydrogen) atoms. The van der Waals surface area contributed by atoms with Crippen molar-refractivity contribution in [1.29, 1.82) is 0 Å². The van der Waals surface area contributed by atoms with Crippen LogP contribution in [0.15, 0.2) is 0 Å². The van der Waals surface area contributed by atoms with Gasteiger partial charge in [-0.15, -0.1) is 0 Å². The molecule has 7 atom stereocenters. The Labute approximate surface area is 163 Å². The van der Waals surface area contributed by atoms with Crippen LogP contribution < -0.4 is 5.73 Å². The van der Waals surface area contributed by atoms with E-state index >= 15 is 0 Å². The highest BCUT2D eigenvalue weighted by atomic mass is 32.2. The van der Waals surface area contributed by atoms with Crippen molar-refractivity contribution in [2.24, 2.45) is 11.7 Å². The first-order valence-electron chi connectivity index (χ1n) is 8.88. The Kier molecular flexibility index (Phi) is 9.63. The third kappa shape index (κ3) is 6.97. The predicted molar refractivity (Wildman–Crippen MR) is 98.9 cm³/mol. The highest BCUT2D eigenvalue weighted by molar-refractivity contribution is 7.98. The third-order valence-corrected chi connectivity index (χ3v) is 5.31. The van der Waals surface area contributed by atoms with Gasteiger partial charge in [0.25, 0.3) is 0 Å². The van der Waals surface area contributed by atoms with Gasteiger partial charge in [0.1, 0.15) is 12.6 Å². The maximum Gasteiger partial charge on any atom is 0.323 e. The van der Waals surface area contributed by atoms with Crippen molar-refractivity contribution < 1.29 is 39.5 Å². The summed E-state index contributed by atoms with van der Waals surface area (Å²) in [6.45, 7) is 2.22. The summed E-state index contributed by atoms with van der Waals surface area (Å²) in [5, 5.41) is 40.6.